The number of hydrogen-bond donors (Lipinski definition) is 3. The highest BCUT2D eigenvalue weighted by Crippen LogP contribution is 2.18. The van der Waals surface area contributed by atoms with Crippen LogP contribution in [0.1, 0.15) is 28.8 Å². The predicted molar refractivity (Wildman–Crippen MR) is 74.7 cm³/mol. The Morgan fingerprint density at radius 3 is 2.30 bits per heavy atom. The van der Waals surface area contributed by atoms with Crippen molar-refractivity contribution in [2.45, 2.75) is 12.8 Å². The first-order chi connectivity index (χ1) is 9.65. The molecule has 0 aliphatic carbocycles. The molecule has 0 aromatic heterocycles. The Bertz CT molecular complexity index is 491. The molecule has 1 saturated heterocycles. The van der Waals surface area contributed by atoms with E-state index in [-0.39, 0.29) is 18.3 Å². The van der Waals surface area contributed by atoms with Gasteiger partial charge in [0.1, 0.15) is 0 Å². The Morgan fingerprint density at radius 2 is 1.80 bits per heavy atom. The van der Waals surface area contributed by atoms with Gasteiger partial charge in [0.15, 0.2) is 5.84 Å². The van der Waals surface area contributed by atoms with Gasteiger partial charge in [0, 0.05) is 30.8 Å². The molecule has 1 aromatic rings. The number of nitrogens with zero attached hydrogens (tertiary/aromatic N) is 2. The average molecular weight is 277 g/mol. The Labute approximate surface area is 117 Å². The van der Waals surface area contributed by atoms with Crippen LogP contribution in [0.5, 0.6) is 0 Å². The molecule has 6 heteroatoms. The second kappa shape index (κ2) is 6.38. The fourth-order valence-corrected chi connectivity index (χ4v) is 2.34. The smallest absolute Gasteiger partial charge is 0.253 e. The third-order valence-electron chi connectivity index (χ3n) is 3.70. The Kier molecular flexibility index (Phi) is 4.57. The first kappa shape index (κ1) is 14.3. The molecule has 20 heavy (non-hydrogen) atoms. The number of aliphatic hydroxyl groups excluding tert-OH is 1. The number of hydrogen-bond acceptors (Lipinski definition) is 4. The first-order valence-electron chi connectivity index (χ1n) is 6.63. The van der Waals surface area contributed by atoms with Crippen molar-refractivity contribution in [3.05, 3.63) is 35.4 Å². The van der Waals surface area contributed by atoms with Crippen molar-refractivity contribution in [3.63, 3.8) is 0 Å². The maximum atomic E-state index is 12.3. The van der Waals surface area contributed by atoms with Crippen LogP contribution in [0.4, 0.5) is 0 Å². The Morgan fingerprint density at radius 1 is 1.25 bits per heavy atom. The van der Waals surface area contributed by atoms with E-state index in [1.54, 1.807) is 29.2 Å². The van der Waals surface area contributed by atoms with E-state index in [2.05, 4.69) is 5.16 Å². The van der Waals surface area contributed by atoms with E-state index >= 15 is 0 Å². The minimum Gasteiger partial charge on any atom is -0.409 e. The van der Waals surface area contributed by atoms with E-state index < -0.39 is 0 Å². The number of amides is 1. The monoisotopic (exact) mass is 277 g/mol. The summed E-state index contributed by atoms with van der Waals surface area (Å²) in [7, 11) is 0. The molecule has 1 aliphatic heterocycles. The van der Waals surface area contributed by atoms with Crippen LogP contribution in [-0.4, -0.2) is 46.7 Å². The first-order valence-corrected chi connectivity index (χ1v) is 6.63. The average Bonchev–Trinajstić information content (AvgIpc) is 2.53. The largest absolute Gasteiger partial charge is 0.409 e. The summed E-state index contributed by atoms with van der Waals surface area (Å²) in [6, 6.07) is 6.66. The molecule has 1 heterocycles. The normalized spacial score (nSPS) is 17.2. The maximum Gasteiger partial charge on any atom is 0.253 e. The Hall–Kier alpha value is -2.08. The second-order valence-corrected chi connectivity index (χ2v) is 4.98. The molecular weight excluding hydrogens is 258 g/mol. The molecule has 0 atom stereocenters. The van der Waals surface area contributed by atoms with Gasteiger partial charge in [0.05, 0.1) is 0 Å². The van der Waals surface area contributed by atoms with Crippen LogP contribution >= 0.6 is 0 Å². The third-order valence-corrected chi connectivity index (χ3v) is 3.70. The van der Waals surface area contributed by atoms with Gasteiger partial charge in [-0.25, -0.2) is 0 Å². The summed E-state index contributed by atoms with van der Waals surface area (Å²) in [6.07, 6.45) is 1.68. The van der Waals surface area contributed by atoms with Crippen LogP contribution in [0, 0.1) is 5.92 Å². The van der Waals surface area contributed by atoms with E-state index in [0.717, 1.165) is 12.8 Å². The summed E-state index contributed by atoms with van der Waals surface area (Å²) in [5.41, 5.74) is 6.63. The van der Waals surface area contributed by atoms with Gasteiger partial charge in [-0.1, -0.05) is 17.3 Å². The second-order valence-electron chi connectivity index (χ2n) is 4.98. The molecule has 0 bridgehead atoms. The molecule has 2 rings (SSSR count). The van der Waals surface area contributed by atoms with Crippen LogP contribution < -0.4 is 5.73 Å². The lowest BCUT2D eigenvalue weighted by atomic mass is 9.97. The van der Waals surface area contributed by atoms with Gasteiger partial charge in [-0.3, -0.25) is 4.79 Å². The van der Waals surface area contributed by atoms with Crippen LogP contribution in [-0.2, 0) is 0 Å². The number of rotatable bonds is 3. The number of carbonyl (C=O) groups is 1. The third kappa shape index (κ3) is 3.08. The standard InChI is InChI=1S/C14H19N3O3/c15-13(16-20)11-1-3-12(4-2-11)14(19)17-7-5-10(9-18)6-8-17/h1-4,10,18,20H,5-9H2,(H2,15,16). The van der Waals surface area contributed by atoms with Crippen molar-refractivity contribution in [1.29, 1.82) is 0 Å². The van der Waals surface area contributed by atoms with Gasteiger partial charge in [-0.15, -0.1) is 0 Å². The molecule has 1 fully saturated rings. The summed E-state index contributed by atoms with van der Waals surface area (Å²) in [5.74, 6) is 0.308. The van der Waals surface area contributed by atoms with Crippen molar-refractivity contribution in [2.75, 3.05) is 19.7 Å². The molecule has 1 aliphatic rings. The lowest BCUT2D eigenvalue weighted by molar-refractivity contribution is 0.0651. The molecule has 0 unspecified atom stereocenters. The fourth-order valence-electron chi connectivity index (χ4n) is 2.34. The number of amidine groups is 1. The summed E-state index contributed by atoms with van der Waals surface area (Å²) < 4.78 is 0. The van der Waals surface area contributed by atoms with E-state index in [9.17, 15) is 4.79 Å². The van der Waals surface area contributed by atoms with Gasteiger partial charge < -0.3 is 20.9 Å². The molecule has 4 N–H and O–H groups in total. The minimum absolute atomic E-state index is 0.0209. The zero-order valence-electron chi connectivity index (χ0n) is 11.2. The quantitative estimate of drug-likeness (QED) is 0.326. The van der Waals surface area contributed by atoms with E-state index in [0.29, 0.717) is 30.1 Å². The van der Waals surface area contributed by atoms with Gasteiger partial charge >= 0.3 is 0 Å². The molecule has 108 valence electrons. The number of benzene rings is 1. The summed E-state index contributed by atoms with van der Waals surface area (Å²) in [4.78, 5) is 14.1. The SMILES string of the molecule is N/C(=N\O)c1ccc(C(=O)N2CCC(CO)CC2)cc1. The van der Waals surface area contributed by atoms with E-state index in [1.807, 2.05) is 0 Å². The lowest BCUT2D eigenvalue weighted by Crippen LogP contribution is -2.39. The van der Waals surface area contributed by atoms with Crippen LogP contribution in [0.3, 0.4) is 0 Å². The zero-order chi connectivity index (χ0) is 14.5. The summed E-state index contributed by atoms with van der Waals surface area (Å²) in [6.45, 7) is 1.54. The molecule has 6 nitrogen and oxygen atoms in total. The number of piperidine rings is 1. The molecule has 0 spiro atoms. The van der Waals surface area contributed by atoms with Gasteiger partial charge in [-0.2, -0.15) is 0 Å². The number of likely N-dealkylation sites (tertiary alicyclic amines) is 1. The van der Waals surface area contributed by atoms with Crippen molar-refractivity contribution in [2.24, 2.45) is 16.8 Å². The van der Waals surface area contributed by atoms with Crippen LogP contribution in [0.2, 0.25) is 0 Å². The fraction of sp³-hybridized carbons (Fsp3) is 0.429. The van der Waals surface area contributed by atoms with Gasteiger partial charge in [-0.05, 0) is 30.9 Å². The molecule has 1 aromatic carbocycles. The van der Waals surface area contributed by atoms with Gasteiger partial charge in [0.25, 0.3) is 5.91 Å². The molecule has 1 amide bonds. The van der Waals surface area contributed by atoms with E-state index in [4.69, 9.17) is 16.0 Å². The van der Waals surface area contributed by atoms with Crippen LogP contribution in [0.25, 0.3) is 0 Å². The topological polar surface area (TPSA) is 99.2 Å². The van der Waals surface area contributed by atoms with Gasteiger partial charge in [0.2, 0.25) is 0 Å². The maximum absolute atomic E-state index is 12.3. The van der Waals surface area contributed by atoms with Crippen molar-refractivity contribution >= 4 is 11.7 Å². The molecule has 0 saturated carbocycles. The zero-order valence-corrected chi connectivity index (χ0v) is 11.2. The van der Waals surface area contributed by atoms with Crippen molar-refractivity contribution in [1.82, 2.24) is 4.90 Å². The molecule has 0 radical (unpaired) electrons. The summed E-state index contributed by atoms with van der Waals surface area (Å²) in [5, 5.41) is 20.6. The highest BCUT2D eigenvalue weighted by molar-refractivity contribution is 5.99. The predicted octanol–water partition coefficient (Wildman–Crippen LogP) is 0.626. The van der Waals surface area contributed by atoms with Crippen molar-refractivity contribution in [3.8, 4) is 0 Å². The minimum atomic E-state index is -0.0209. The summed E-state index contributed by atoms with van der Waals surface area (Å²) >= 11 is 0. The molecular formula is C14H19N3O3. The number of nitrogens with two attached hydrogens (primary N) is 1. The highest BCUT2D eigenvalue weighted by Gasteiger charge is 2.23. The number of aliphatic hydroxyl groups is 1. The van der Waals surface area contributed by atoms with E-state index in [1.165, 1.54) is 0 Å². The highest BCUT2D eigenvalue weighted by atomic mass is 16.4. The lowest BCUT2D eigenvalue weighted by Gasteiger charge is -2.31. The van der Waals surface area contributed by atoms with Crippen LogP contribution in [0.15, 0.2) is 29.4 Å². The Balaban J connectivity index is 2.03. The van der Waals surface area contributed by atoms with Crippen molar-refractivity contribution < 1.29 is 15.1 Å². The number of oxime groups is 1. The number of carbonyl (C=O) groups excluding carboxylic acids is 1.